The van der Waals surface area contributed by atoms with Crippen LogP contribution in [0.5, 0.6) is 0 Å². The summed E-state index contributed by atoms with van der Waals surface area (Å²) >= 11 is 0. The molecule has 0 spiro atoms. The Morgan fingerprint density at radius 2 is 0.373 bits per heavy atom. The van der Waals surface area contributed by atoms with Crippen LogP contribution in [0.25, 0.3) is 75.4 Å². The molecule has 0 aliphatic rings. The van der Waals surface area contributed by atoms with Gasteiger partial charge in [-0.25, -0.2) is 0 Å². The summed E-state index contributed by atoms with van der Waals surface area (Å²) in [6, 6.07) is 94.5. The summed E-state index contributed by atoms with van der Waals surface area (Å²) in [6.45, 7) is 95.8. The van der Waals surface area contributed by atoms with Gasteiger partial charge in [-0.3, -0.25) is 0 Å². The Hall–Kier alpha value is -9.10. The second-order valence-corrected chi connectivity index (χ2v) is 50.7. The summed E-state index contributed by atoms with van der Waals surface area (Å²) < 4.78 is 0. The molecule has 0 aromatic heterocycles. The Kier molecular flexibility index (Phi) is 30.8. The predicted molar refractivity (Wildman–Crippen MR) is 569 cm³/mol. The molecule has 0 unspecified atom stereocenters. The van der Waals surface area contributed by atoms with Crippen LogP contribution in [0, 0.1) is 0 Å². The lowest BCUT2D eigenvalue weighted by molar-refractivity contribution is 0.534. The average molecular weight is 1680 g/mol. The van der Waals surface area contributed by atoms with Crippen LogP contribution < -0.4 is 0 Å². The predicted octanol–water partition coefficient (Wildman–Crippen LogP) is 38.0. The average Bonchev–Trinajstić information content (AvgIpc) is 0.772. The number of hydrogen-bond acceptors (Lipinski definition) is 0. The van der Waals surface area contributed by atoms with Crippen LogP contribution >= 0.6 is 0 Å². The van der Waals surface area contributed by atoms with Gasteiger partial charge in [0.05, 0.1) is 0 Å². The van der Waals surface area contributed by atoms with Crippen LogP contribution in [0.15, 0.2) is 255 Å². The first-order chi connectivity index (χ1) is 57.4. The third-order valence-electron chi connectivity index (χ3n) is 24.8. The Morgan fingerprint density at radius 1 is 0.119 bits per heavy atom. The van der Waals surface area contributed by atoms with Gasteiger partial charge in [0.25, 0.3) is 0 Å². The lowest BCUT2D eigenvalue weighted by Gasteiger charge is -2.31. The molecular formula is C126H168. The first-order valence-electron chi connectivity index (χ1n) is 47.1. The lowest BCUT2D eigenvalue weighted by Crippen LogP contribution is -2.22. The highest BCUT2D eigenvalue weighted by atomic mass is 14.3. The molecule has 672 valence electrons. The van der Waals surface area contributed by atoms with E-state index in [9.17, 15) is 0 Å². The van der Waals surface area contributed by atoms with Crippen LogP contribution in [-0.4, -0.2) is 0 Å². The van der Waals surface area contributed by atoms with Crippen molar-refractivity contribution in [2.75, 3.05) is 0 Å². The van der Waals surface area contributed by atoms with Crippen molar-refractivity contribution >= 4 is 75.4 Å². The molecule has 14 aromatic carbocycles. The van der Waals surface area contributed by atoms with Gasteiger partial charge in [-0.15, -0.1) is 0 Å². The largest absolute Gasteiger partial charge is 0.0616 e. The maximum atomic E-state index is 2.39. The van der Waals surface area contributed by atoms with E-state index in [0.717, 1.165) is 0 Å². The van der Waals surface area contributed by atoms with Gasteiger partial charge >= 0.3 is 0 Å². The molecule has 14 aromatic rings. The molecule has 0 bridgehead atoms. The fraction of sp³-hybridized carbons (Fsp3) is 0.444. The summed E-state index contributed by atoms with van der Waals surface area (Å²) in [7, 11) is 0. The Bertz CT molecular complexity index is 5800. The van der Waals surface area contributed by atoms with Gasteiger partial charge in [-0.2, -0.15) is 0 Å². The first kappa shape index (κ1) is 102. The molecule has 0 saturated heterocycles. The van der Waals surface area contributed by atoms with Crippen molar-refractivity contribution in [3.8, 4) is 0 Å². The summed E-state index contributed by atoms with van der Waals surface area (Å²) in [5.74, 6) is 0. The van der Waals surface area contributed by atoms with E-state index >= 15 is 0 Å². The monoisotopic (exact) mass is 1680 g/mol. The minimum absolute atomic E-state index is 0.170. The van der Waals surface area contributed by atoms with Crippen LogP contribution in [0.4, 0.5) is 0 Å². The van der Waals surface area contributed by atoms with Gasteiger partial charge < -0.3 is 0 Å². The van der Waals surface area contributed by atoms with E-state index in [1.807, 2.05) is 0 Å². The minimum atomic E-state index is 0.170. The van der Waals surface area contributed by atoms with Crippen molar-refractivity contribution in [2.24, 2.45) is 0 Å². The Morgan fingerprint density at radius 3 is 0.746 bits per heavy atom. The van der Waals surface area contributed by atoms with E-state index < -0.39 is 0 Å². The highest BCUT2D eigenvalue weighted by molar-refractivity contribution is 5.93. The van der Waals surface area contributed by atoms with Crippen LogP contribution in [-0.2, 0) is 75.8 Å². The van der Waals surface area contributed by atoms with Crippen molar-refractivity contribution in [2.45, 2.75) is 367 Å². The summed E-state index contributed by atoms with van der Waals surface area (Å²) in [5, 5.41) is 19.1. The van der Waals surface area contributed by atoms with E-state index in [1.54, 1.807) is 0 Å². The van der Waals surface area contributed by atoms with Crippen molar-refractivity contribution in [3.63, 3.8) is 0 Å². The molecule has 0 saturated carbocycles. The van der Waals surface area contributed by atoms with E-state index in [2.05, 4.69) is 546 Å². The highest BCUT2D eigenvalue weighted by Gasteiger charge is 2.30. The van der Waals surface area contributed by atoms with E-state index in [4.69, 9.17) is 0 Å². The van der Waals surface area contributed by atoms with Gasteiger partial charge in [-0.05, 0) is 229 Å². The van der Waals surface area contributed by atoms with E-state index in [0.29, 0.717) is 0 Å². The topological polar surface area (TPSA) is 0 Å². The first-order valence-corrected chi connectivity index (χ1v) is 47.1. The van der Waals surface area contributed by atoms with Gasteiger partial charge in [0.1, 0.15) is 0 Å². The Labute approximate surface area is 769 Å². The van der Waals surface area contributed by atoms with Crippen molar-refractivity contribution in [1.82, 2.24) is 0 Å². The fourth-order valence-corrected chi connectivity index (χ4v) is 16.8. The molecular weight excluding hydrogens is 1510 g/mol. The second-order valence-electron chi connectivity index (χ2n) is 50.7. The van der Waals surface area contributed by atoms with Crippen LogP contribution in [0.3, 0.4) is 0 Å². The molecule has 0 heterocycles. The molecule has 0 heteroatoms. The minimum Gasteiger partial charge on any atom is -0.0616 e. The molecule has 14 rings (SSSR count). The smallest absolute Gasteiger partial charge is 0.0109 e. The zero-order chi connectivity index (χ0) is 94.9. The molecule has 0 radical (unpaired) electrons. The van der Waals surface area contributed by atoms with Crippen molar-refractivity contribution in [3.05, 3.63) is 333 Å². The second kappa shape index (κ2) is 37.9. The zero-order valence-corrected chi connectivity index (χ0v) is 87.2. The standard InChI is InChI=1S/7C18H24/c1-17(2,3)15-9-7-14-12-16(18(4,5)6)10-8-13(14)11-15;1-17(2,3)15-9-7-13-8-10-16(18(4,5)6)12-14(13)11-15;1-17(2,3)14-11-7-9-13-10-8-12-15(16(13)14)18(4,5)6;1-17(2,3)14-10-11-15-13(12-14)8-7-9-16(15)18(4,5)6;1-17(2,3)14-11-10-13-8-7-9-16(15(13)12-14)18(4,5)6;1-17(2,3)14-11-13-9-7-8-10-15(13)16(12-14)18(4,5)6;1-17(2,3)15-12-11-13-9-7-8-10-14(13)16(15)18(4,5)6/h7*7-12H,1-6H3. The number of rotatable bonds is 0. The molecule has 0 aliphatic heterocycles. The van der Waals surface area contributed by atoms with E-state index in [-0.39, 0.29) is 75.8 Å². The number of benzene rings is 14. The van der Waals surface area contributed by atoms with E-state index in [1.165, 1.54) is 153 Å². The molecule has 0 nitrogen and oxygen atoms in total. The number of fused-ring (bicyclic) bond motifs is 7. The van der Waals surface area contributed by atoms with Crippen LogP contribution in [0.2, 0.25) is 0 Å². The zero-order valence-electron chi connectivity index (χ0n) is 87.2. The third kappa shape index (κ3) is 26.8. The quantitative estimate of drug-likeness (QED) is 0.142. The Balaban J connectivity index is 0.000000182. The van der Waals surface area contributed by atoms with Gasteiger partial charge in [0.15, 0.2) is 0 Å². The maximum Gasteiger partial charge on any atom is -0.0109 e. The SMILES string of the molecule is CC(C)(C)c1cc(C(C)(C)C)c2ccccc2c1.CC(C)(C)c1ccc2c(C(C)(C)C)cccc2c1.CC(C)(C)c1ccc2cc(C(C)(C)C)ccc2c1.CC(C)(C)c1ccc2ccc(C(C)(C)C)cc2c1.CC(C)(C)c1ccc2cccc(C(C)(C)C)c2c1.CC(C)(C)c1ccc2ccccc2c1C(C)(C)C.CC(C)(C)c1cccc2cccc(C(C)(C)C)c12. The summed E-state index contributed by atoms with van der Waals surface area (Å²) in [4.78, 5) is 0. The molecule has 0 atom stereocenters. The summed E-state index contributed by atoms with van der Waals surface area (Å²) in [6.07, 6.45) is 0. The maximum absolute atomic E-state index is 2.39. The molecule has 126 heavy (non-hydrogen) atoms. The lowest BCUT2D eigenvalue weighted by atomic mass is 9.73. The van der Waals surface area contributed by atoms with Gasteiger partial charge in [-0.1, -0.05) is 546 Å². The van der Waals surface area contributed by atoms with Crippen LogP contribution in [0.1, 0.15) is 369 Å². The molecule has 0 aliphatic carbocycles. The highest BCUT2D eigenvalue weighted by Crippen LogP contribution is 2.43. The molecule has 0 N–H and O–H groups in total. The van der Waals surface area contributed by atoms with Crippen molar-refractivity contribution < 1.29 is 0 Å². The molecule has 0 fully saturated rings. The van der Waals surface area contributed by atoms with Crippen molar-refractivity contribution in [1.29, 1.82) is 0 Å². The third-order valence-corrected chi connectivity index (χ3v) is 24.8. The van der Waals surface area contributed by atoms with Gasteiger partial charge in [0, 0.05) is 0 Å². The number of hydrogen-bond donors (Lipinski definition) is 0. The normalized spacial score (nSPS) is 13.0. The fourth-order valence-electron chi connectivity index (χ4n) is 16.8. The molecule has 0 amide bonds. The van der Waals surface area contributed by atoms with Gasteiger partial charge in [0.2, 0.25) is 0 Å². The summed E-state index contributed by atoms with van der Waals surface area (Å²) in [5.41, 5.74) is 22.8.